The molecule has 0 aromatic rings. The summed E-state index contributed by atoms with van der Waals surface area (Å²) in [5.41, 5.74) is 0. The van der Waals surface area contributed by atoms with Gasteiger partial charge in [0.2, 0.25) is 0 Å². The molecule has 0 radical (unpaired) electrons. The van der Waals surface area contributed by atoms with Gasteiger partial charge < -0.3 is 70.9 Å². The molecule has 0 saturated carbocycles. The van der Waals surface area contributed by atoms with Gasteiger partial charge in [-0.15, -0.1) is 0 Å². The van der Waals surface area contributed by atoms with Crippen LogP contribution in [0.2, 0.25) is 0 Å². The molecule has 0 rings (SSSR count). The molecule has 27 heavy (non-hydrogen) atoms. The van der Waals surface area contributed by atoms with Crippen LogP contribution in [-0.4, -0.2) is 163 Å². The number of aliphatic carboxylic acids is 2. The largest absolute Gasteiger partial charge is 2.00 e. The van der Waals surface area contributed by atoms with Gasteiger partial charge in [0.15, 0.2) is 0 Å². The third-order valence-electron chi connectivity index (χ3n) is 2.99. The molecule has 0 aliphatic carbocycles. The predicted molar refractivity (Wildman–Crippen MR) is 78.0 cm³/mol. The van der Waals surface area contributed by atoms with Crippen LogP contribution in [-0.2, 0) is 9.59 Å². The zero-order valence-electron chi connectivity index (χ0n) is 13.8. The third kappa shape index (κ3) is 11.4. The third-order valence-corrected chi connectivity index (χ3v) is 2.99. The fourth-order valence-electron chi connectivity index (χ4n) is 1.32. The molecule has 0 aliphatic heterocycles. The van der Waals surface area contributed by atoms with E-state index in [1.54, 1.807) is 0 Å². The van der Waals surface area contributed by atoms with E-state index in [4.69, 9.17) is 51.1 Å². The first-order valence-corrected chi connectivity index (χ1v) is 6.91. The number of carboxylic acids is 2. The van der Waals surface area contributed by atoms with E-state index in [9.17, 15) is 19.8 Å². The molecule has 14 nitrogen and oxygen atoms in total. The van der Waals surface area contributed by atoms with Gasteiger partial charge in [0.25, 0.3) is 0 Å². The monoisotopic (exact) mass is 430 g/mol. The Kier molecular flexibility index (Phi) is 18.3. The van der Waals surface area contributed by atoms with Crippen molar-refractivity contribution in [2.75, 3.05) is 13.2 Å². The summed E-state index contributed by atoms with van der Waals surface area (Å²) in [6, 6.07) is 0. The number of rotatable bonds is 10. The molecule has 10 N–H and O–H groups in total. The molecule has 0 aromatic heterocycles. The number of carboxylic acid groups (broad SMARTS) is 2. The number of carbonyl (C=O) groups is 2. The van der Waals surface area contributed by atoms with Crippen molar-refractivity contribution in [3.05, 3.63) is 0 Å². The number of hydrogen-bond donors (Lipinski definition) is 10. The van der Waals surface area contributed by atoms with Crippen LogP contribution in [0.1, 0.15) is 0 Å². The zero-order valence-corrected chi connectivity index (χ0v) is 16.1. The molecular weight excluding hydrogens is 408 g/mol. The SMILES string of the molecule is O=C([O-])[C@H](O)[C@@H](O)[C@H](O)[C@H](O)CO.O=C([O-])[C@H](O)[C@H](O)[C@H](O)[C@H](O)CO.[Ca+2]. The van der Waals surface area contributed by atoms with Gasteiger partial charge in [0.05, 0.1) is 25.2 Å². The minimum absolute atomic E-state index is 0. The summed E-state index contributed by atoms with van der Waals surface area (Å²) in [5, 5.41) is 107. The first-order chi connectivity index (χ1) is 11.8. The van der Waals surface area contributed by atoms with Crippen LogP contribution < -0.4 is 10.2 Å². The van der Waals surface area contributed by atoms with Crippen LogP contribution in [0.4, 0.5) is 0 Å². The molecule has 0 heterocycles. The predicted octanol–water partition coefficient (Wildman–Crippen LogP) is -10.0. The minimum Gasteiger partial charge on any atom is -0.547 e. The normalized spacial score (nSPS) is 19.6. The van der Waals surface area contributed by atoms with Crippen LogP contribution in [0, 0.1) is 0 Å². The van der Waals surface area contributed by atoms with E-state index in [-0.39, 0.29) is 37.7 Å². The van der Waals surface area contributed by atoms with E-state index in [0.717, 1.165) is 0 Å². The Hall–Kier alpha value is -0.200. The number of aliphatic hydroxyl groups is 10. The van der Waals surface area contributed by atoms with Crippen molar-refractivity contribution in [1.29, 1.82) is 0 Å². The molecule has 15 heteroatoms. The Morgan fingerprint density at radius 1 is 0.593 bits per heavy atom. The molecule has 0 amide bonds. The first kappa shape index (κ1) is 31.5. The Labute approximate surface area is 182 Å². The Morgan fingerprint density at radius 3 is 0.963 bits per heavy atom. The van der Waals surface area contributed by atoms with Gasteiger partial charge in [0, 0.05) is 0 Å². The summed E-state index contributed by atoms with van der Waals surface area (Å²) in [6.45, 7) is -1.73. The fraction of sp³-hybridized carbons (Fsp3) is 0.833. The van der Waals surface area contributed by atoms with Crippen molar-refractivity contribution in [1.82, 2.24) is 0 Å². The average molecular weight is 430 g/mol. The first-order valence-electron chi connectivity index (χ1n) is 6.91. The van der Waals surface area contributed by atoms with Crippen molar-refractivity contribution in [3.63, 3.8) is 0 Å². The molecule has 0 saturated heterocycles. The molecule has 0 aliphatic rings. The summed E-state index contributed by atoms with van der Waals surface area (Å²) in [6.07, 6.45) is -16.2. The van der Waals surface area contributed by atoms with E-state index in [0.29, 0.717) is 0 Å². The Balaban J connectivity index is -0.000000411. The molecule has 0 aromatic carbocycles. The van der Waals surface area contributed by atoms with Crippen LogP contribution in [0.3, 0.4) is 0 Å². The van der Waals surface area contributed by atoms with E-state index < -0.39 is 74.0 Å². The summed E-state index contributed by atoms with van der Waals surface area (Å²) in [4.78, 5) is 20.0. The Bertz CT molecular complexity index is 385. The number of carbonyl (C=O) groups excluding carboxylic acids is 2. The van der Waals surface area contributed by atoms with Gasteiger partial charge in [-0.05, 0) is 0 Å². The van der Waals surface area contributed by atoms with Crippen molar-refractivity contribution < 1.29 is 70.9 Å². The Morgan fingerprint density at radius 2 is 0.815 bits per heavy atom. The summed E-state index contributed by atoms with van der Waals surface area (Å²) in [7, 11) is 0. The fourth-order valence-corrected chi connectivity index (χ4v) is 1.32. The van der Waals surface area contributed by atoms with E-state index >= 15 is 0 Å². The summed E-state index contributed by atoms with van der Waals surface area (Å²) in [5.74, 6) is -3.95. The molecule has 0 bridgehead atoms. The maximum Gasteiger partial charge on any atom is 2.00 e. The molecule has 8 atom stereocenters. The number of aliphatic hydroxyl groups excluding tert-OH is 10. The topological polar surface area (TPSA) is 283 Å². The smallest absolute Gasteiger partial charge is 0.547 e. The van der Waals surface area contributed by atoms with Gasteiger partial charge in [0.1, 0.15) is 48.8 Å². The van der Waals surface area contributed by atoms with Gasteiger partial charge in [-0.25, -0.2) is 0 Å². The van der Waals surface area contributed by atoms with Gasteiger partial charge in [-0.2, -0.15) is 0 Å². The zero-order chi connectivity index (χ0) is 21.2. The molecule has 0 spiro atoms. The van der Waals surface area contributed by atoms with Crippen molar-refractivity contribution in [3.8, 4) is 0 Å². The molecule has 0 unspecified atom stereocenters. The standard InChI is InChI=1S/2C6H12O7.Ca/c2*7-1-2(8)3(9)4(10)5(11)6(12)13;/h2*2-5,7-11H,1H2,(H,12,13);/q;;+2/p-2/t2-,3-,4+,5-;2-,3-,4-,5-;/m11./s1. The van der Waals surface area contributed by atoms with Crippen LogP contribution in [0.15, 0.2) is 0 Å². The van der Waals surface area contributed by atoms with E-state index in [1.165, 1.54) is 0 Å². The van der Waals surface area contributed by atoms with Gasteiger partial charge in [-0.3, -0.25) is 0 Å². The van der Waals surface area contributed by atoms with Gasteiger partial charge >= 0.3 is 37.7 Å². The van der Waals surface area contributed by atoms with Crippen molar-refractivity contribution in [2.45, 2.75) is 48.8 Å². The quantitative estimate of drug-likeness (QED) is 0.144. The maximum atomic E-state index is 9.98. The molecular formula is C12H22CaO14. The van der Waals surface area contributed by atoms with E-state index in [1.807, 2.05) is 0 Å². The number of hydrogen-bond acceptors (Lipinski definition) is 14. The second kappa shape index (κ2) is 15.7. The van der Waals surface area contributed by atoms with Crippen molar-refractivity contribution >= 4 is 49.7 Å². The average Bonchev–Trinajstić information content (AvgIpc) is 2.62. The second-order valence-electron chi connectivity index (χ2n) is 4.99. The van der Waals surface area contributed by atoms with Crippen LogP contribution >= 0.6 is 0 Å². The molecule has 0 fully saturated rings. The summed E-state index contributed by atoms with van der Waals surface area (Å²) < 4.78 is 0. The van der Waals surface area contributed by atoms with E-state index in [2.05, 4.69) is 0 Å². The van der Waals surface area contributed by atoms with Crippen LogP contribution in [0.5, 0.6) is 0 Å². The maximum absolute atomic E-state index is 9.98. The summed E-state index contributed by atoms with van der Waals surface area (Å²) >= 11 is 0. The molecule has 156 valence electrons. The van der Waals surface area contributed by atoms with Crippen LogP contribution in [0.25, 0.3) is 0 Å². The second-order valence-corrected chi connectivity index (χ2v) is 4.99. The minimum atomic E-state index is -2.31. The van der Waals surface area contributed by atoms with Gasteiger partial charge in [-0.1, -0.05) is 0 Å². The van der Waals surface area contributed by atoms with Crippen molar-refractivity contribution in [2.24, 2.45) is 0 Å².